The summed E-state index contributed by atoms with van der Waals surface area (Å²) in [6.07, 6.45) is 5.46. The van der Waals surface area contributed by atoms with Crippen LogP contribution in [0.1, 0.15) is 16.8 Å². The molecule has 7 heteroatoms. The number of hydrogen-bond acceptors (Lipinski definition) is 4. The summed E-state index contributed by atoms with van der Waals surface area (Å²) in [5, 5.41) is 0. The Labute approximate surface area is 200 Å². The van der Waals surface area contributed by atoms with E-state index in [0.717, 1.165) is 33.6 Å². The topological polar surface area (TPSA) is 69.3 Å². The number of sulfonamides is 1. The lowest BCUT2D eigenvalue weighted by atomic mass is 10.0. The van der Waals surface area contributed by atoms with Crippen molar-refractivity contribution in [3.05, 3.63) is 108 Å². The Bertz CT molecular complexity index is 1340. The van der Waals surface area contributed by atoms with Gasteiger partial charge in [-0.1, -0.05) is 66.7 Å². The van der Waals surface area contributed by atoms with Crippen LogP contribution in [0, 0.1) is 0 Å². The summed E-state index contributed by atoms with van der Waals surface area (Å²) < 4.78 is 27.7. The normalized spacial score (nSPS) is 16.7. The molecule has 6 nitrogen and oxygen atoms in total. The lowest BCUT2D eigenvalue weighted by Gasteiger charge is -2.31. The van der Waals surface area contributed by atoms with Crippen LogP contribution in [-0.4, -0.2) is 41.5 Å². The highest BCUT2D eigenvalue weighted by Crippen LogP contribution is 2.34. The van der Waals surface area contributed by atoms with Crippen molar-refractivity contribution in [2.75, 3.05) is 17.7 Å². The molecule has 0 unspecified atom stereocenters. The van der Waals surface area contributed by atoms with Crippen LogP contribution in [0.4, 0.5) is 5.69 Å². The fraction of sp³-hybridized carbons (Fsp3) is 0.222. The number of anilines is 1. The van der Waals surface area contributed by atoms with E-state index in [2.05, 4.69) is 57.3 Å². The number of nitrogens with zero attached hydrogens (tertiary/aromatic N) is 3. The molecule has 1 atom stereocenters. The minimum absolute atomic E-state index is 0.201. The Hall–Kier alpha value is -3.42. The molecule has 1 N–H and O–H groups in total. The van der Waals surface area contributed by atoms with Gasteiger partial charge in [0.15, 0.2) is 0 Å². The minimum Gasteiger partial charge on any atom is -0.364 e. The number of H-pyrrole nitrogens is 1. The maximum Gasteiger partial charge on any atom is 0.211 e. The van der Waals surface area contributed by atoms with Crippen molar-refractivity contribution in [3.8, 4) is 11.1 Å². The fourth-order valence-electron chi connectivity index (χ4n) is 4.74. The molecule has 0 aliphatic carbocycles. The van der Waals surface area contributed by atoms with Gasteiger partial charge >= 0.3 is 0 Å². The first-order valence-electron chi connectivity index (χ1n) is 11.4. The van der Waals surface area contributed by atoms with Crippen LogP contribution < -0.4 is 4.90 Å². The standard InChI is InChI=1S/C27H28N4O2S/c1-34(32,33)31-17-24-15-23(22-10-6-3-7-11-22)12-13-27(24)30(18-25-16-28-20-29-25)19-26(31)14-21-8-4-2-5-9-21/h2-13,15-16,20,26H,14,17-19H2,1H3,(H,28,29)/t26-/m1/s1. The van der Waals surface area contributed by atoms with Crippen molar-refractivity contribution in [2.24, 2.45) is 0 Å². The van der Waals surface area contributed by atoms with E-state index in [0.29, 0.717) is 26.1 Å². The second kappa shape index (κ2) is 9.44. The fourth-order valence-corrected chi connectivity index (χ4v) is 5.80. The molecule has 0 spiro atoms. The Kier molecular flexibility index (Phi) is 6.22. The molecular weight excluding hydrogens is 444 g/mol. The summed E-state index contributed by atoms with van der Waals surface area (Å²) >= 11 is 0. The van der Waals surface area contributed by atoms with E-state index in [9.17, 15) is 8.42 Å². The van der Waals surface area contributed by atoms with Gasteiger partial charge in [-0.15, -0.1) is 0 Å². The van der Waals surface area contributed by atoms with Crippen molar-refractivity contribution in [1.29, 1.82) is 0 Å². The first-order valence-corrected chi connectivity index (χ1v) is 13.2. The van der Waals surface area contributed by atoms with E-state index < -0.39 is 10.0 Å². The quantitative estimate of drug-likeness (QED) is 0.450. The molecule has 0 saturated heterocycles. The Balaban J connectivity index is 1.58. The molecule has 3 aromatic carbocycles. The van der Waals surface area contributed by atoms with Crippen molar-refractivity contribution in [3.63, 3.8) is 0 Å². The lowest BCUT2D eigenvalue weighted by molar-refractivity contribution is 0.320. The van der Waals surface area contributed by atoms with Crippen LogP contribution in [0.2, 0.25) is 0 Å². The minimum atomic E-state index is -3.44. The third kappa shape index (κ3) is 4.90. The van der Waals surface area contributed by atoms with Crippen molar-refractivity contribution in [2.45, 2.75) is 25.6 Å². The number of rotatable bonds is 6. The first-order chi connectivity index (χ1) is 16.5. The molecule has 0 fully saturated rings. The maximum atomic E-state index is 13.0. The van der Waals surface area contributed by atoms with Crippen molar-refractivity contribution in [1.82, 2.24) is 14.3 Å². The highest BCUT2D eigenvalue weighted by molar-refractivity contribution is 7.88. The molecule has 0 bridgehead atoms. The molecule has 1 aromatic heterocycles. The SMILES string of the molecule is CS(=O)(=O)N1Cc2cc(-c3ccccc3)ccc2N(Cc2cnc[nH]2)C[C@H]1Cc1ccccc1. The molecule has 4 aromatic rings. The van der Waals surface area contributed by atoms with Crippen LogP contribution in [0.15, 0.2) is 91.4 Å². The monoisotopic (exact) mass is 472 g/mol. The second-order valence-electron chi connectivity index (χ2n) is 8.82. The third-order valence-corrected chi connectivity index (χ3v) is 7.63. The van der Waals surface area contributed by atoms with E-state index in [4.69, 9.17) is 0 Å². The van der Waals surface area contributed by atoms with Gasteiger partial charge < -0.3 is 9.88 Å². The number of imidazole rings is 1. The summed E-state index contributed by atoms with van der Waals surface area (Å²) in [6, 6.07) is 26.5. The summed E-state index contributed by atoms with van der Waals surface area (Å²) in [5.41, 5.74) is 6.36. The lowest BCUT2D eigenvalue weighted by Crippen LogP contribution is -2.45. The van der Waals surface area contributed by atoms with Gasteiger partial charge in [0.2, 0.25) is 10.0 Å². The average Bonchev–Trinajstić information content (AvgIpc) is 3.30. The number of benzene rings is 3. The summed E-state index contributed by atoms with van der Waals surface area (Å²) in [7, 11) is -3.44. The van der Waals surface area contributed by atoms with Gasteiger partial charge in [-0.2, -0.15) is 4.31 Å². The zero-order valence-corrected chi connectivity index (χ0v) is 19.9. The van der Waals surface area contributed by atoms with Gasteiger partial charge in [0.1, 0.15) is 0 Å². The third-order valence-electron chi connectivity index (χ3n) is 6.35. The molecule has 34 heavy (non-hydrogen) atoms. The predicted molar refractivity (Wildman–Crippen MR) is 136 cm³/mol. The highest BCUT2D eigenvalue weighted by Gasteiger charge is 2.33. The van der Waals surface area contributed by atoms with Gasteiger partial charge in [-0.05, 0) is 40.8 Å². The number of aromatic amines is 1. The molecule has 5 rings (SSSR count). The Morgan fingerprint density at radius 1 is 0.971 bits per heavy atom. The van der Waals surface area contributed by atoms with E-state index in [1.807, 2.05) is 42.6 Å². The van der Waals surface area contributed by atoms with E-state index in [1.165, 1.54) is 6.26 Å². The highest BCUT2D eigenvalue weighted by atomic mass is 32.2. The van der Waals surface area contributed by atoms with Gasteiger partial charge in [0.25, 0.3) is 0 Å². The number of hydrogen-bond donors (Lipinski definition) is 1. The van der Waals surface area contributed by atoms with Gasteiger partial charge in [-0.3, -0.25) is 0 Å². The van der Waals surface area contributed by atoms with Gasteiger partial charge in [-0.25, -0.2) is 13.4 Å². The molecule has 0 radical (unpaired) electrons. The zero-order valence-electron chi connectivity index (χ0n) is 19.1. The van der Waals surface area contributed by atoms with Crippen LogP contribution in [0.3, 0.4) is 0 Å². The maximum absolute atomic E-state index is 13.0. The van der Waals surface area contributed by atoms with E-state index in [-0.39, 0.29) is 6.04 Å². The van der Waals surface area contributed by atoms with Crippen LogP contribution in [0.5, 0.6) is 0 Å². The van der Waals surface area contributed by atoms with Crippen molar-refractivity contribution >= 4 is 15.7 Å². The average molecular weight is 473 g/mol. The predicted octanol–water partition coefficient (Wildman–Crippen LogP) is 4.47. The second-order valence-corrected chi connectivity index (χ2v) is 10.8. The number of aromatic nitrogens is 2. The number of nitrogens with one attached hydrogen (secondary N) is 1. The zero-order chi connectivity index (χ0) is 23.5. The van der Waals surface area contributed by atoms with Gasteiger partial charge in [0, 0.05) is 31.0 Å². The largest absolute Gasteiger partial charge is 0.364 e. The first kappa shape index (κ1) is 22.4. The van der Waals surface area contributed by atoms with Crippen LogP contribution in [0.25, 0.3) is 11.1 Å². The Morgan fingerprint density at radius 2 is 1.71 bits per heavy atom. The molecule has 1 aliphatic rings. The molecule has 0 saturated carbocycles. The Morgan fingerprint density at radius 3 is 2.38 bits per heavy atom. The molecular formula is C27H28N4O2S. The van der Waals surface area contributed by atoms with Crippen LogP contribution in [-0.2, 0) is 29.5 Å². The van der Waals surface area contributed by atoms with Crippen LogP contribution >= 0.6 is 0 Å². The van der Waals surface area contributed by atoms with Crippen molar-refractivity contribution < 1.29 is 8.42 Å². The number of fused-ring (bicyclic) bond motifs is 1. The molecule has 1 aliphatic heterocycles. The molecule has 2 heterocycles. The summed E-state index contributed by atoms with van der Waals surface area (Å²) in [4.78, 5) is 9.64. The summed E-state index contributed by atoms with van der Waals surface area (Å²) in [6.45, 7) is 1.55. The molecule has 0 amide bonds. The van der Waals surface area contributed by atoms with Gasteiger partial charge in [0.05, 0.1) is 24.8 Å². The smallest absolute Gasteiger partial charge is 0.211 e. The van der Waals surface area contributed by atoms with E-state index >= 15 is 0 Å². The summed E-state index contributed by atoms with van der Waals surface area (Å²) in [5.74, 6) is 0. The molecule has 174 valence electrons. The van der Waals surface area contributed by atoms with E-state index in [1.54, 1.807) is 10.6 Å².